The van der Waals surface area contributed by atoms with Gasteiger partial charge in [-0.25, -0.2) is 4.79 Å². The van der Waals surface area contributed by atoms with Gasteiger partial charge in [0.25, 0.3) is 0 Å². The molecule has 0 spiro atoms. The molecule has 1 heterocycles. The van der Waals surface area contributed by atoms with Gasteiger partial charge < -0.3 is 74.4 Å². The Balaban J connectivity index is 1.38. The third-order valence-corrected chi connectivity index (χ3v) is 16.8. The molecule has 0 aromatic heterocycles. The Morgan fingerprint density at radius 1 is 0.677 bits per heavy atom. The van der Waals surface area contributed by atoms with Crippen molar-refractivity contribution in [3.8, 4) is 11.8 Å². The van der Waals surface area contributed by atoms with E-state index >= 15 is 0 Å². The van der Waals surface area contributed by atoms with Gasteiger partial charge in [-0.3, -0.25) is 38.4 Å². The number of carboxylic acid groups (broad SMARTS) is 1. The first kappa shape index (κ1) is 80.2. The van der Waals surface area contributed by atoms with E-state index in [1.807, 2.05) is 78.8 Å². The van der Waals surface area contributed by atoms with Crippen LogP contribution in [0.1, 0.15) is 131 Å². The number of carbonyl (C=O) groups is 9. The lowest BCUT2D eigenvalue weighted by Gasteiger charge is -2.41. The monoisotopic (exact) mass is 1300 g/mol. The molecule has 0 saturated carbocycles. The van der Waals surface area contributed by atoms with Crippen molar-refractivity contribution in [2.24, 2.45) is 23.7 Å². The lowest BCUT2D eigenvalue weighted by atomic mass is 9.89. The number of carbonyl (C=O) groups excluding carboxylic acids is 8. The van der Waals surface area contributed by atoms with Crippen LogP contribution in [0.5, 0.6) is 0 Å². The first-order chi connectivity index (χ1) is 44.5. The number of para-hydroxylation sites is 1. The van der Waals surface area contributed by atoms with Crippen LogP contribution in [0.4, 0.5) is 5.69 Å². The number of likely N-dealkylation sites (tertiary alicyclic amines) is 1. The highest BCUT2D eigenvalue weighted by atomic mass is 16.6. The van der Waals surface area contributed by atoms with Gasteiger partial charge >= 0.3 is 5.97 Å². The summed E-state index contributed by atoms with van der Waals surface area (Å²) in [5.74, 6) is 0.451. The van der Waals surface area contributed by atoms with E-state index in [1.165, 1.54) is 19.1 Å². The van der Waals surface area contributed by atoms with Gasteiger partial charge in [0.1, 0.15) is 18.1 Å². The molecule has 8 amide bonds. The third kappa shape index (κ3) is 27.1. The van der Waals surface area contributed by atoms with Gasteiger partial charge in [0.15, 0.2) is 0 Å². The van der Waals surface area contributed by atoms with Gasteiger partial charge in [0.2, 0.25) is 47.3 Å². The number of nitrogens with one attached hydrogen (secondary N) is 4. The molecule has 2 aromatic carbocycles. The van der Waals surface area contributed by atoms with E-state index in [0.717, 1.165) is 16.8 Å². The van der Waals surface area contributed by atoms with Crippen LogP contribution < -0.4 is 26.2 Å². The molecule has 24 heteroatoms. The van der Waals surface area contributed by atoms with Crippen LogP contribution in [0.15, 0.2) is 54.6 Å². The Kier molecular flexibility index (Phi) is 37.8. The summed E-state index contributed by atoms with van der Waals surface area (Å²) < 4.78 is 34.1. The molecule has 1 aliphatic rings. The van der Waals surface area contributed by atoms with E-state index in [-0.39, 0.29) is 119 Å². The van der Waals surface area contributed by atoms with Crippen LogP contribution in [0.2, 0.25) is 0 Å². The Bertz CT molecular complexity index is 2710. The molecule has 5 N–H and O–H groups in total. The molecule has 2 aromatic rings. The Morgan fingerprint density at radius 2 is 1.28 bits per heavy atom. The molecule has 0 aliphatic carbocycles. The first-order valence-electron chi connectivity index (χ1n) is 32.9. The highest BCUT2D eigenvalue weighted by molar-refractivity contribution is 5.95. The first-order valence-corrected chi connectivity index (χ1v) is 32.9. The lowest BCUT2D eigenvalue weighted by Crippen LogP contribution is -2.60. The summed E-state index contributed by atoms with van der Waals surface area (Å²) in [7, 11) is 6.15. The van der Waals surface area contributed by atoms with Crippen LogP contribution in [0, 0.1) is 35.5 Å². The van der Waals surface area contributed by atoms with Gasteiger partial charge in [0, 0.05) is 92.2 Å². The number of amides is 8. The lowest BCUT2D eigenvalue weighted by molar-refractivity contribution is -0.149. The quantitative estimate of drug-likeness (QED) is 0.0430. The van der Waals surface area contributed by atoms with Gasteiger partial charge in [-0.2, -0.15) is 0 Å². The number of anilines is 1. The van der Waals surface area contributed by atoms with Crippen LogP contribution >= 0.6 is 0 Å². The second-order valence-electron chi connectivity index (χ2n) is 24.1. The molecule has 24 nitrogen and oxygen atoms in total. The van der Waals surface area contributed by atoms with E-state index in [2.05, 4.69) is 33.1 Å². The maximum Gasteiger partial charge on any atom is 0.326 e. The zero-order valence-corrected chi connectivity index (χ0v) is 57.5. The number of ether oxygens (including phenoxy) is 6. The summed E-state index contributed by atoms with van der Waals surface area (Å²) >= 11 is 0. The van der Waals surface area contributed by atoms with Gasteiger partial charge in [0.05, 0.1) is 95.2 Å². The van der Waals surface area contributed by atoms with Crippen LogP contribution in [0.25, 0.3) is 0 Å². The second-order valence-corrected chi connectivity index (χ2v) is 24.1. The summed E-state index contributed by atoms with van der Waals surface area (Å²) in [5, 5.41) is 21.2. The van der Waals surface area contributed by atoms with E-state index in [4.69, 9.17) is 28.4 Å². The van der Waals surface area contributed by atoms with Crippen LogP contribution in [-0.4, -0.2) is 223 Å². The Hall–Kier alpha value is -7.01. The maximum absolute atomic E-state index is 14.7. The van der Waals surface area contributed by atoms with Crippen LogP contribution in [0.3, 0.4) is 0 Å². The van der Waals surface area contributed by atoms with Gasteiger partial charge in [-0.1, -0.05) is 103 Å². The maximum atomic E-state index is 14.7. The minimum Gasteiger partial charge on any atom is -0.480 e. The SMILES string of the molecule is CC#Cc1ccccc1N(CC)C(=O)CCNC(=O)CCOCCOCCOCCOCCNC(=O)CCCC(=O)N(C)[C@H](C(=O)N[C@H](C(=O)N(C)[C@@H]([C@@H](C)CC)[C@@H](CC(=O)N1CCC[C@H]1[C@H](OC)[C@@H](C)C(=O)N[C@@H](Cc1ccccc1)C(=O)O)OC)C(C)C)C(C)C. The molecule has 0 bridgehead atoms. The molecular weight excluding hydrogens is 1200 g/mol. The highest BCUT2D eigenvalue weighted by Gasteiger charge is 2.44. The predicted octanol–water partition coefficient (Wildman–Crippen LogP) is 5.02. The Labute approximate surface area is 551 Å². The van der Waals surface area contributed by atoms with E-state index in [0.29, 0.717) is 72.0 Å². The summed E-state index contributed by atoms with van der Waals surface area (Å²) in [6, 6.07) is 12.3. The van der Waals surface area contributed by atoms with Crippen molar-refractivity contribution in [3.63, 3.8) is 0 Å². The molecule has 1 saturated heterocycles. The molecule has 9 atom stereocenters. The molecule has 0 unspecified atom stereocenters. The van der Waals surface area contributed by atoms with Crippen molar-refractivity contribution in [3.05, 3.63) is 65.7 Å². The average Bonchev–Trinajstić information content (AvgIpc) is 1.82. The number of carboxylic acids is 1. The van der Waals surface area contributed by atoms with Crippen molar-refractivity contribution in [1.29, 1.82) is 0 Å². The number of hydrogen-bond acceptors (Lipinski definition) is 15. The minimum atomic E-state index is -1.17. The number of hydrogen-bond donors (Lipinski definition) is 5. The van der Waals surface area contributed by atoms with Gasteiger partial charge in [-0.15, -0.1) is 5.92 Å². The number of benzene rings is 2. The smallest absolute Gasteiger partial charge is 0.326 e. The number of likely N-dealkylation sites (N-methyl/N-ethyl adjacent to an activating group) is 2. The number of rotatable bonds is 45. The molecule has 0 radical (unpaired) electrons. The van der Waals surface area contributed by atoms with Crippen molar-refractivity contribution in [1.82, 2.24) is 36.0 Å². The number of nitrogens with zero attached hydrogens (tertiary/aromatic N) is 4. The summed E-state index contributed by atoms with van der Waals surface area (Å²) in [6.07, 6.45) is 0.920. The fourth-order valence-electron chi connectivity index (χ4n) is 11.5. The summed E-state index contributed by atoms with van der Waals surface area (Å²) in [6.45, 7) is 20.3. The normalized spacial score (nSPS) is 15.5. The van der Waals surface area contributed by atoms with E-state index in [9.17, 15) is 48.3 Å². The highest BCUT2D eigenvalue weighted by Crippen LogP contribution is 2.30. The van der Waals surface area contributed by atoms with Crippen molar-refractivity contribution < 1.29 is 76.7 Å². The zero-order chi connectivity index (χ0) is 69.0. The Morgan fingerprint density at radius 3 is 1.86 bits per heavy atom. The van der Waals surface area contributed by atoms with Crippen LogP contribution in [-0.2, 0) is 78.0 Å². The second kappa shape index (κ2) is 43.8. The fraction of sp³-hybridized carbons (Fsp3) is 0.667. The van der Waals surface area contributed by atoms with Crippen molar-refractivity contribution in [2.75, 3.05) is 112 Å². The molecule has 1 aliphatic heterocycles. The largest absolute Gasteiger partial charge is 0.480 e. The molecule has 3 rings (SSSR count). The molecule has 93 heavy (non-hydrogen) atoms. The molecular formula is C69H108N8O16. The topological polar surface area (TPSA) is 290 Å². The predicted molar refractivity (Wildman–Crippen MR) is 353 cm³/mol. The molecule has 1 fully saturated rings. The number of methoxy groups -OCH3 is 2. The minimum absolute atomic E-state index is 0.00497. The van der Waals surface area contributed by atoms with Crippen molar-refractivity contribution in [2.45, 2.75) is 169 Å². The van der Waals surface area contributed by atoms with E-state index in [1.54, 1.807) is 66.9 Å². The summed E-state index contributed by atoms with van der Waals surface area (Å²) in [4.78, 5) is 127. The number of aliphatic carboxylic acids is 1. The van der Waals surface area contributed by atoms with Gasteiger partial charge in [-0.05, 0) is 68.6 Å². The average molecular weight is 1310 g/mol. The standard InChI is InChI=1S/C69H108N8O16/c1-14-24-52-27-20-21-28-54(52)76(16-3)60(81)32-34-70-58(79)33-37-90-39-41-92-43-44-93-42-40-91-38-35-71-57(78)30-22-31-59(80)74(10)63(48(6)7)67(84)73-62(47(4)5)68(85)75(11)64(49(8)15-2)56(88-12)46-61(82)77-36-23-29-55(77)65(89-13)50(9)66(83)72-53(69(86)87)45-51-25-18-17-19-26-51/h17-21,25-28,47-50,53,55-56,62-65H,15-16,22-23,29-46H2,1-13H3,(H,70,79)(H,71,78)(H,72,83)(H,73,84)(H,86,87)/t49-,50+,53-,55-,56+,62-,63-,64-,65+/m0/s1. The molecule has 520 valence electrons. The fourth-order valence-corrected chi connectivity index (χ4v) is 11.5. The van der Waals surface area contributed by atoms with E-state index < -0.39 is 72.0 Å². The zero-order valence-electron chi connectivity index (χ0n) is 57.5. The van der Waals surface area contributed by atoms with Crippen molar-refractivity contribution >= 4 is 58.9 Å². The summed E-state index contributed by atoms with van der Waals surface area (Å²) in [5.41, 5.74) is 2.28. The third-order valence-electron chi connectivity index (χ3n) is 16.8.